The number of carbonyl (C=O) groups is 2. The van der Waals surface area contributed by atoms with Crippen LogP contribution in [0.1, 0.15) is 41.5 Å². The minimum Gasteiger partial charge on any atom is -0.371 e. The third-order valence-corrected chi connectivity index (χ3v) is 6.48. The summed E-state index contributed by atoms with van der Waals surface area (Å²) in [5.41, 5.74) is 4.15. The normalized spacial score (nSPS) is 14.5. The summed E-state index contributed by atoms with van der Waals surface area (Å²) in [4.78, 5) is 33.7. The lowest BCUT2D eigenvalue weighted by Gasteiger charge is -2.34. The Hall–Kier alpha value is -3.06. The fraction of sp³-hybridized carbons (Fsp3) is 0.400. The maximum absolute atomic E-state index is 13.0. The van der Waals surface area contributed by atoms with Gasteiger partial charge in [0.25, 0.3) is 5.91 Å². The van der Waals surface area contributed by atoms with Gasteiger partial charge in [-0.2, -0.15) is 0 Å². The number of pyridine rings is 1. The van der Waals surface area contributed by atoms with Crippen molar-refractivity contribution in [3.8, 4) is 0 Å². The molecule has 1 fully saturated rings. The molecule has 8 heteroatoms. The van der Waals surface area contributed by atoms with Crippen LogP contribution in [-0.2, 0) is 17.8 Å². The van der Waals surface area contributed by atoms with Gasteiger partial charge in [-0.3, -0.25) is 14.0 Å². The zero-order valence-corrected chi connectivity index (χ0v) is 20.1. The van der Waals surface area contributed by atoms with Gasteiger partial charge in [-0.1, -0.05) is 30.7 Å². The summed E-state index contributed by atoms with van der Waals surface area (Å²) in [7, 11) is 3.64. The number of fused-ring (bicyclic) bond motifs is 1. The molecule has 1 aromatic carbocycles. The van der Waals surface area contributed by atoms with E-state index in [0.29, 0.717) is 29.3 Å². The molecule has 33 heavy (non-hydrogen) atoms. The van der Waals surface area contributed by atoms with E-state index in [2.05, 4.69) is 27.3 Å². The molecular weight excluding hydrogens is 438 g/mol. The number of nitrogens with one attached hydrogen (secondary N) is 1. The number of halogens is 1. The van der Waals surface area contributed by atoms with Crippen molar-refractivity contribution in [3.63, 3.8) is 0 Å². The van der Waals surface area contributed by atoms with E-state index < -0.39 is 0 Å². The van der Waals surface area contributed by atoms with Gasteiger partial charge in [-0.25, -0.2) is 4.98 Å². The summed E-state index contributed by atoms with van der Waals surface area (Å²) in [5.74, 6) is 0.189. The molecule has 1 aliphatic heterocycles. The van der Waals surface area contributed by atoms with Crippen LogP contribution in [0.3, 0.4) is 0 Å². The summed E-state index contributed by atoms with van der Waals surface area (Å²) in [6.07, 6.45) is 4.19. The first-order valence-corrected chi connectivity index (χ1v) is 11.7. The van der Waals surface area contributed by atoms with Crippen molar-refractivity contribution in [3.05, 3.63) is 64.6 Å². The SMILES string of the molecule is CCc1nc2cc(Cl)ccn2c1C(=O)NCc1ccc(N2CCC(C(=O)N(C)C)CC2)cc1. The van der Waals surface area contributed by atoms with Crippen molar-refractivity contribution in [2.75, 3.05) is 32.1 Å². The molecule has 3 aromatic rings. The van der Waals surface area contributed by atoms with Gasteiger partial charge in [0.2, 0.25) is 5.91 Å². The number of benzene rings is 1. The highest BCUT2D eigenvalue weighted by atomic mass is 35.5. The highest BCUT2D eigenvalue weighted by Gasteiger charge is 2.26. The zero-order valence-electron chi connectivity index (χ0n) is 19.3. The standard InChI is InChI=1S/C25H30ClN5O2/c1-4-21-23(31-14-11-19(26)15-22(31)28-21)24(32)27-16-17-5-7-20(8-6-17)30-12-9-18(10-13-30)25(33)29(2)3/h5-8,11,14-15,18H,4,9-10,12-13,16H2,1-3H3,(H,27,32). The molecule has 0 aliphatic carbocycles. The molecule has 1 saturated heterocycles. The lowest BCUT2D eigenvalue weighted by atomic mass is 9.95. The Morgan fingerprint density at radius 1 is 1.15 bits per heavy atom. The molecular formula is C25H30ClN5O2. The molecule has 1 N–H and O–H groups in total. The average molecular weight is 468 g/mol. The molecule has 3 heterocycles. The second-order valence-electron chi connectivity index (χ2n) is 8.68. The molecule has 7 nitrogen and oxygen atoms in total. The Balaban J connectivity index is 1.37. The highest BCUT2D eigenvalue weighted by molar-refractivity contribution is 6.30. The maximum Gasteiger partial charge on any atom is 0.270 e. The third-order valence-electron chi connectivity index (χ3n) is 6.25. The Bertz CT molecular complexity index is 1150. The number of aryl methyl sites for hydroxylation is 1. The van der Waals surface area contributed by atoms with Gasteiger partial charge in [0.05, 0.1) is 5.69 Å². The van der Waals surface area contributed by atoms with E-state index in [-0.39, 0.29) is 17.7 Å². The molecule has 0 spiro atoms. The number of aromatic nitrogens is 2. The molecule has 0 radical (unpaired) electrons. The van der Waals surface area contributed by atoms with E-state index >= 15 is 0 Å². The van der Waals surface area contributed by atoms with Crippen LogP contribution in [0.25, 0.3) is 5.65 Å². The number of amides is 2. The van der Waals surface area contributed by atoms with Crippen LogP contribution in [0, 0.1) is 5.92 Å². The van der Waals surface area contributed by atoms with Gasteiger partial charge in [0.15, 0.2) is 0 Å². The van der Waals surface area contributed by atoms with Crippen molar-refractivity contribution >= 4 is 34.7 Å². The first-order chi connectivity index (χ1) is 15.9. The lowest BCUT2D eigenvalue weighted by molar-refractivity contribution is -0.133. The smallest absolute Gasteiger partial charge is 0.270 e. The van der Waals surface area contributed by atoms with Crippen molar-refractivity contribution < 1.29 is 9.59 Å². The van der Waals surface area contributed by atoms with Crippen LogP contribution in [0.2, 0.25) is 5.02 Å². The molecule has 0 bridgehead atoms. The molecule has 0 unspecified atom stereocenters. The monoisotopic (exact) mass is 467 g/mol. The molecule has 0 saturated carbocycles. The maximum atomic E-state index is 13.0. The number of imidazole rings is 1. The topological polar surface area (TPSA) is 70.0 Å². The summed E-state index contributed by atoms with van der Waals surface area (Å²) in [5, 5.41) is 3.62. The average Bonchev–Trinajstić information content (AvgIpc) is 3.20. The van der Waals surface area contributed by atoms with Crippen LogP contribution in [0.5, 0.6) is 0 Å². The third kappa shape index (κ3) is 4.98. The predicted octanol–water partition coefficient (Wildman–Crippen LogP) is 3.78. The summed E-state index contributed by atoms with van der Waals surface area (Å²) >= 11 is 6.07. The second kappa shape index (κ2) is 9.83. The van der Waals surface area contributed by atoms with Crippen LogP contribution >= 0.6 is 11.6 Å². The minimum atomic E-state index is -0.154. The van der Waals surface area contributed by atoms with Crippen LogP contribution < -0.4 is 10.2 Å². The van der Waals surface area contributed by atoms with Crippen molar-refractivity contribution in [2.45, 2.75) is 32.7 Å². The number of piperidine rings is 1. The first-order valence-electron chi connectivity index (χ1n) is 11.4. The molecule has 174 valence electrons. The zero-order chi connectivity index (χ0) is 23.5. The number of hydrogen-bond donors (Lipinski definition) is 1. The molecule has 2 amide bonds. The van der Waals surface area contributed by atoms with Gasteiger partial charge < -0.3 is 15.1 Å². The quantitative estimate of drug-likeness (QED) is 0.599. The van der Waals surface area contributed by atoms with E-state index in [1.807, 2.05) is 33.2 Å². The van der Waals surface area contributed by atoms with Crippen LogP contribution in [0.4, 0.5) is 5.69 Å². The molecule has 1 aliphatic rings. The van der Waals surface area contributed by atoms with Gasteiger partial charge in [0.1, 0.15) is 11.3 Å². The van der Waals surface area contributed by atoms with E-state index in [4.69, 9.17) is 11.6 Å². The van der Waals surface area contributed by atoms with Crippen molar-refractivity contribution in [1.82, 2.24) is 19.6 Å². The van der Waals surface area contributed by atoms with Crippen molar-refractivity contribution in [1.29, 1.82) is 0 Å². The number of carbonyl (C=O) groups excluding carboxylic acids is 2. The Morgan fingerprint density at radius 3 is 2.48 bits per heavy atom. The van der Waals surface area contributed by atoms with E-state index in [1.54, 1.807) is 27.6 Å². The molecule has 0 atom stereocenters. The minimum absolute atomic E-state index is 0.120. The number of anilines is 1. The van der Waals surface area contributed by atoms with E-state index in [0.717, 1.165) is 42.9 Å². The van der Waals surface area contributed by atoms with Gasteiger partial charge >= 0.3 is 0 Å². The number of hydrogen-bond acceptors (Lipinski definition) is 4. The number of nitrogens with zero attached hydrogens (tertiary/aromatic N) is 4. The van der Waals surface area contributed by atoms with Crippen LogP contribution in [-0.4, -0.2) is 53.3 Å². The lowest BCUT2D eigenvalue weighted by Crippen LogP contribution is -2.40. The molecule has 4 rings (SSSR count). The molecule has 2 aromatic heterocycles. The highest BCUT2D eigenvalue weighted by Crippen LogP contribution is 2.25. The summed E-state index contributed by atoms with van der Waals surface area (Å²) in [6, 6.07) is 11.8. The Kier molecular flexibility index (Phi) is 6.88. The largest absolute Gasteiger partial charge is 0.371 e. The first kappa shape index (κ1) is 23.1. The second-order valence-corrected chi connectivity index (χ2v) is 9.11. The fourth-order valence-electron chi connectivity index (χ4n) is 4.40. The van der Waals surface area contributed by atoms with Gasteiger partial charge in [0, 0.05) is 62.6 Å². The van der Waals surface area contributed by atoms with Gasteiger partial charge in [-0.15, -0.1) is 0 Å². The number of rotatable bonds is 6. The van der Waals surface area contributed by atoms with Crippen molar-refractivity contribution in [2.24, 2.45) is 5.92 Å². The predicted molar refractivity (Wildman–Crippen MR) is 131 cm³/mol. The van der Waals surface area contributed by atoms with Crippen LogP contribution in [0.15, 0.2) is 42.6 Å². The Morgan fingerprint density at radius 2 is 1.85 bits per heavy atom. The Labute approximate surface area is 199 Å². The van der Waals surface area contributed by atoms with E-state index in [9.17, 15) is 9.59 Å². The summed E-state index contributed by atoms with van der Waals surface area (Å²) in [6.45, 7) is 4.16. The fourth-order valence-corrected chi connectivity index (χ4v) is 4.55. The van der Waals surface area contributed by atoms with Gasteiger partial charge in [-0.05, 0) is 43.0 Å². The van der Waals surface area contributed by atoms with E-state index in [1.165, 1.54) is 0 Å². The summed E-state index contributed by atoms with van der Waals surface area (Å²) < 4.78 is 1.79.